The third-order valence-corrected chi connectivity index (χ3v) is 5.34. The van der Waals surface area contributed by atoms with Crippen LogP contribution in [0.4, 0.5) is 27.6 Å². The van der Waals surface area contributed by atoms with E-state index in [1.54, 1.807) is 0 Å². The minimum absolute atomic E-state index is 0.124. The lowest BCUT2D eigenvalue weighted by Crippen LogP contribution is -2.43. The lowest BCUT2D eigenvalue weighted by atomic mass is 9.85. The number of primary amides is 1. The second-order valence-electron chi connectivity index (χ2n) is 7.54. The van der Waals surface area contributed by atoms with Crippen LogP contribution in [0.5, 0.6) is 5.75 Å². The smallest absolute Gasteiger partial charge is 0.417 e. The summed E-state index contributed by atoms with van der Waals surface area (Å²) in [6.07, 6.45) is -6.64. The predicted octanol–water partition coefficient (Wildman–Crippen LogP) is 2.54. The zero-order chi connectivity index (χ0) is 24.7. The molecule has 1 saturated heterocycles. The molecule has 3 N–H and O–H groups in total. The van der Waals surface area contributed by atoms with Crippen molar-refractivity contribution in [2.24, 2.45) is 5.73 Å². The molecule has 0 spiro atoms. The maximum atomic E-state index is 14.2. The number of nitrogens with zero attached hydrogens (tertiary/aromatic N) is 1. The molecule has 33 heavy (non-hydrogen) atoms. The van der Waals surface area contributed by atoms with Crippen LogP contribution in [0.1, 0.15) is 35.3 Å². The van der Waals surface area contributed by atoms with E-state index in [0.29, 0.717) is 6.07 Å². The van der Waals surface area contributed by atoms with Gasteiger partial charge in [-0.1, -0.05) is 6.07 Å². The lowest BCUT2D eigenvalue weighted by molar-refractivity contribution is -0.607. The Labute approximate surface area is 183 Å². The molecule has 1 aliphatic rings. The zero-order valence-corrected chi connectivity index (χ0v) is 17.2. The van der Waals surface area contributed by atoms with Crippen LogP contribution in [-0.4, -0.2) is 36.8 Å². The number of aromatic nitrogens is 1. The van der Waals surface area contributed by atoms with Gasteiger partial charge >= 0.3 is 12.1 Å². The van der Waals surface area contributed by atoms with Crippen molar-refractivity contribution in [1.82, 2.24) is 0 Å². The van der Waals surface area contributed by atoms with Gasteiger partial charge in [0, 0.05) is 23.6 Å². The number of ether oxygens (including phenoxy) is 2. The Kier molecular flexibility index (Phi) is 6.20. The van der Waals surface area contributed by atoms with Gasteiger partial charge in [-0.3, -0.25) is 9.59 Å². The Morgan fingerprint density at radius 2 is 1.97 bits per heavy atom. The second kappa shape index (κ2) is 8.46. The van der Waals surface area contributed by atoms with E-state index in [-0.39, 0.29) is 16.0 Å². The highest BCUT2D eigenvalue weighted by atomic mass is 19.4. The number of hydrogen-bond donors (Lipinski definition) is 2. The standard InChI is InChI=1S/C20H18F5N3O5/c1-19(20(23,24)25)8-11(10-3-4-12(21)14(22)15(10)32-2)16(33-19)18(30)27-9-5-6-28(31)13(7-9)17(26)29/h3-7,11,16H,8H2,1-2H3,(H2,26,29)(H,27,30)/t11-,16+,19+/m1/s1. The number of hydrogen-bond acceptors (Lipinski definition) is 5. The number of rotatable bonds is 5. The van der Waals surface area contributed by atoms with Gasteiger partial charge in [-0.05, 0) is 19.4 Å². The number of halogens is 5. The molecule has 8 nitrogen and oxygen atoms in total. The van der Waals surface area contributed by atoms with Crippen LogP contribution in [-0.2, 0) is 9.53 Å². The van der Waals surface area contributed by atoms with Crippen molar-refractivity contribution in [2.75, 3.05) is 12.4 Å². The van der Waals surface area contributed by atoms with E-state index in [9.17, 15) is 36.7 Å². The number of nitrogens with two attached hydrogens (primary N) is 1. The third kappa shape index (κ3) is 4.40. The molecule has 1 aliphatic heterocycles. The molecule has 3 atom stereocenters. The molecule has 0 saturated carbocycles. The van der Waals surface area contributed by atoms with E-state index in [4.69, 9.17) is 15.2 Å². The molecule has 178 valence electrons. The van der Waals surface area contributed by atoms with Crippen LogP contribution in [0.3, 0.4) is 0 Å². The number of benzene rings is 1. The van der Waals surface area contributed by atoms with Crippen LogP contribution < -0.4 is 20.5 Å². The molecule has 3 rings (SSSR count). The fourth-order valence-electron chi connectivity index (χ4n) is 3.63. The highest BCUT2D eigenvalue weighted by Crippen LogP contribution is 2.51. The van der Waals surface area contributed by atoms with Crippen molar-refractivity contribution >= 4 is 17.5 Å². The summed E-state index contributed by atoms with van der Waals surface area (Å²) in [6, 6.07) is 3.73. The first kappa shape index (κ1) is 24.2. The summed E-state index contributed by atoms with van der Waals surface area (Å²) in [7, 11) is 1.00. The quantitative estimate of drug-likeness (QED) is 0.392. The number of alkyl halides is 3. The Morgan fingerprint density at radius 3 is 2.55 bits per heavy atom. The first-order valence-electron chi connectivity index (χ1n) is 9.39. The van der Waals surface area contributed by atoms with Crippen LogP contribution in [0.15, 0.2) is 30.5 Å². The number of pyridine rings is 1. The molecule has 13 heteroatoms. The highest BCUT2D eigenvalue weighted by Gasteiger charge is 2.61. The Bertz CT molecular complexity index is 1110. The fraction of sp³-hybridized carbons (Fsp3) is 0.350. The summed E-state index contributed by atoms with van der Waals surface area (Å²) in [4.78, 5) is 24.3. The average molecular weight is 475 g/mol. The fourth-order valence-corrected chi connectivity index (χ4v) is 3.63. The van der Waals surface area contributed by atoms with Gasteiger partial charge in [-0.15, -0.1) is 0 Å². The van der Waals surface area contributed by atoms with Crippen molar-refractivity contribution in [3.8, 4) is 5.75 Å². The molecule has 1 aromatic carbocycles. The number of anilines is 1. The van der Waals surface area contributed by atoms with Gasteiger partial charge in [0.2, 0.25) is 5.82 Å². The van der Waals surface area contributed by atoms with E-state index in [2.05, 4.69) is 5.32 Å². The van der Waals surface area contributed by atoms with Gasteiger partial charge in [0.25, 0.3) is 11.6 Å². The monoisotopic (exact) mass is 475 g/mol. The predicted molar refractivity (Wildman–Crippen MR) is 102 cm³/mol. The van der Waals surface area contributed by atoms with E-state index in [1.807, 2.05) is 0 Å². The number of amides is 2. The van der Waals surface area contributed by atoms with Gasteiger partial charge < -0.3 is 25.7 Å². The molecule has 2 heterocycles. The molecule has 2 amide bonds. The Hall–Kier alpha value is -3.48. The molecule has 0 aliphatic carbocycles. The third-order valence-electron chi connectivity index (χ3n) is 5.34. The van der Waals surface area contributed by atoms with Crippen molar-refractivity contribution in [3.05, 3.63) is 58.6 Å². The van der Waals surface area contributed by atoms with Gasteiger partial charge in [0.05, 0.1) is 12.8 Å². The summed E-state index contributed by atoms with van der Waals surface area (Å²) in [5.74, 6) is -6.94. The van der Waals surface area contributed by atoms with Crippen LogP contribution in [0, 0.1) is 16.8 Å². The Balaban J connectivity index is 2.02. The number of carbonyl (C=O) groups excluding carboxylic acids is 2. The molecule has 1 aromatic heterocycles. The van der Waals surface area contributed by atoms with Gasteiger partial charge in [-0.25, -0.2) is 4.39 Å². The van der Waals surface area contributed by atoms with Gasteiger partial charge in [-0.2, -0.15) is 22.3 Å². The summed E-state index contributed by atoms with van der Waals surface area (Å²) >= 11 is 0. The van der Waals surface area contributed by atoms with Gasteiger partial charge in [0.1, 0.15) is 6.10 Å². The van der Waals surface area contributed by atoms with E-state index in [1.165, 1.54) is 0 Å². The van der Waals surface area contributed by atoms with Crippen LogP contribution >= 0.6 is 0 Å². The topological polar surface area (TPSA) is 118 Å². The maximum absolute atomic E-state index is 14.2. The van der Waals surface area contributed by atoms with Crippen molar-refractivity contribution in [3.63, 3.8) is 0 Å². The van der Waals surface area contributed by atoms with E-state index in [0.717, 1.165) is 38.4 Å². The molecule has 0 bridgehead atoms. The summed E-state index contributed by atoms with van der Waals surface area (Å²) in [5, 5.41) is 13.8. The van der Waals surface area contributed by atoms with Crippen molar-refractivity contribution in [2.45, 2.75) is 37.1 Å². The minimum atomic E-state index is -4.90. The minimum Gasteiger partial charge on any atom is -0.618 e. The van der Waals surface area contributed by atoms with Crippen molar-refractivity contribution in [1.29, 1.82) is 0 Å². The summed E-state index contributed by atoms with van der Waals surface area (Å²) < 4.78 is 79.1. The van der Waals surface area contributed by atoms with E-state index < -0.39 is 65.1 Å². The number of carbonyl (C=O) groups is 2. The normalized spacial score (nSPS) is 22.8. The molecular formula is C20H18F5N3O5. The van der Waals surface area contributed by atoms with Crippen LogP contribution in [0.25, 0.3) is 0 Å². The highest BCUT2D eigenvalue weighted by molar-refractivity contribution is 5.97. The lowest BCUT2D eigenvalue weighted by Gasteiger charge is -2.27. The van der Waals surface area contributed by atoms with Crippen LogP contribution in [0.2, 0.25) is 0 Å². The van der Waals surface area contributed by atoms with E-state index >= 15 is 0 Å². The zero-order valence-electron chi connectivity index (χ0n) is 17.2. The molecule has 0 unspecified atom stereocenters. The van der Waals surface area contributed by atoms with Crippen molar-refractivity contribution < 1.29 is 45.7 Å². The van der Waals surface area contributed by atoms with Gasteiger partial charge in [0.15, 0.2) is 23.4 Å². The first-order valence-corrected chi connectivity index (χ1v) is 9.39. The largest absolute Gasteiger partial charge is 0.618 e. The first-order chi connectivity index (χ1) is 15.3. The Morgan fingerprint density at radius 1 is 1.30 bits per heavy atom. The molecule has 0 radical (unpaired) electrons. The SMILES string of the molecule is COc1c([C@H]2C[C@@](C)(C(F)(F)F)O[C@@H]2C(=O)Nc2cc[n+]([O-])c(C(N)=O)c2)ccc(F)c1F. The summed E-state index contributed by atoms with van der Waals surface area (Å²) in [5.41, 5.74) is 1.43. The molecule has 2 aromatic rings. The average Bonchev–Trinajstić information content (AvgIpc) is 3.10. The number of nitrogens with one attached hydrogen (secondary N) is 1. The number of methoxy groups -OCH3 is 1. The molecular weight excluding hydrogens is 457 g/mol. The summed E-state index contributed by atoms with van der Waals surface area (Å²) in [6.45, 7) is 0.730. The second-order valence-corrected chi connectivity index (χ2v) is 7.54. The molecule has 1 fully saturated rings. The maximum Gasteiger partial charge on any atom is 0.417 e.